The van der Waals surface area contributed by atoms with Gasteiger partial charge in [0.25, 0.3) is 0 Å². The molecule has 0 aromatic carbocycles. The standard InChI is InChI=1S/C14H16N2O2S/c17-9-11-3-1-5-16(7-11)8-12-10-18-14(15-12)13-4-2-6-19-13/h2,4,6,9-11H,1,3,5,7-8H2. The van der Waals surface area contributed by atoms with Crippen LogP contribution in [0.15, 0.2) is 28.2 Å². The van der Waals surface area contributed by atoms with Crippen LogP contribution in [0.4, 0.5) is 0 Å². The summed E-state index contributed by atoms with van der Waals surface area (Å²) in [6.45, 7) is 2.63. The number of piperidine rings is 1. The summed E-state index contributed by atoms with van der Waals surface area (Å²) in [6, 6.07) is 3.99. The zero-order valence-electron chi connectivity index (χ0n) is 10.6. The molecule has 0 bridgehead atoms. The molecular formula is C14H16N2O2S. The van der Waals surface area contributed by atoms with Crippen molar-refractivity contribution in [1.82, 2.24) is 9.88 Å². The highest BCUT2D eigenvalue weighted by molar-refractivity contribution is 7.13. The van der Waals surface area contributed by atoms with Crippen molar-refractivity contribution in [1.29, 1.82) is 0 Å². The SMILES string of the molecule is O=CC1CCCN(Cc2coc(-c3cccs3)n2)C1. The Labute approximate surface area is 116 Å². The van der Waals surface area contributed by atoms with Crippen molar-refractivity contribution in [3.63, 3.8) is 0 Å². The van der Waals surface area contributed by atoms with Crippen molar-refractivity contribution in [3.05, 3.63) is 29.5 Å². The summed E-state index contributed by atoms with van der Waals surface area (Å²) in [5.74, 6) is 0.867. The number of carbonyl (C=O) groups excluding carboxylic acids is 1. The second kappa shape index (κ2) is 5.67. The van der Waals surface area contributed by atoms with Crippen molar-refractivity contribution in [2.75, 3.05) is 13.1 Å². The van der Waals surface area contributed by atoms with E-state index in [4.69, 9.17) is 4.42 Å². The van der Waals surface area contributed by atoms with E-state index in [1.165, 1.54) is 0 Å². The first-order valence-electron chi connectivity index (χ1n) is 6.51. The summed E-state index contributed by atoms with van der Waals surface area (Å²) in [6.07, 6.45) is 4.89. The molecule has 5 heteroatoms. The summed E-state index contributed by atoms with van der Waals surface area (Å²) in [5.41, 5.74) is 0.940. The number of aldehydes is 1. The van der Waals surface area contributed by atoms with Crippen molar-refractivity contribution in [2.45, 2.75) is 19.4 Å². The summed E-state index contributed by atoms with van der Waals surface area (Å²) >= 11 is 1.62. The van der Waals surface area contributed by atoms with Gasteiger partial charge in [-0.2, -0.15) is 0 Å². The maximum Gasteiger partial charge on any atom is 0.236 e. The van der Waals surface area contributed by atoms with Gasteiger partial charge in [0.05, 0.1) is 10.6 Å². The third kappa shape index (κ3) is 2.93. The number of oxazole rings is 1. The lowest BCUT2D eigenvalue weighted by Crippen LogP contribution is -2.35. The lowest BCUT2D eigenvalue weighted by atomic mass is 10.00. The number of aromatic nitrogens is 1. The van der Waals surface area contributed by atoms with E-state index in [0.717, 1.165) is 49.3 Å². The van der Waals surface area contributed by atoms with Crippen LogP contribution in [0.25, 0.3) is 10.8 Å². The van der Waals surface area contributed by atoms with Crippen LogP contribution in [-0.4, -0.2) is 29.3 Å². The molecule has 1 aliphatic heterocycles. The molecule has 100 valence electrons. The fourth-order valence-corrected chi connectivity index (χ4v) is 3.12. The molecule has 2 aromatic rings. The molecule has 19 heavy (non-hydrogen) atoms. The molecule has 1 aliphatic rings. The summed E-state index contributed by atoms with van der Waals surface area (Å²) in [5, 5.41) is 2.01. The molecule has 0 amide bonds. The number of thiophene rings is 1. The minimum absolute atomic E-state index is 0.178. The maximum atomic E-state index is 10.9. The highest BCUT2D eigenvalue weighted by atomic mass is 32.1. The largest absolute Gasteiger partial charge is 0.444 e. The molecule has 0 saturated carbocycles. The van der Waals surface area contributed by atoms with Crippen molar-refractivity contribution < 1.29 is 9.21 Å². The molecule has 0 spiro atoms. The molecule has 0 aliphatic carbocycles. The van der Waals surface area contributed by atoms with Gasteiger partial charge in [0.2, 0.25) is 5.89 Å². The summed E-state index contributed by atoms with van der Waals surface area (Å²) < 4.78 is 5.51. The smallest absolute Gasteiger partial charge is 0.236 e. The number of carbonyl (C=O) groups is 1. The number of hydrogen-bond donors (Lipinski definition) is 0. The molecule has 2 aromatic heterocycles. The Kier molecular flexibility index (Phi) is 3.75. The molecule has 3 rings (SSSR count). The first-order valence-corrected chi connectivity index (χ1v) is 7.39. The molecule has 4 nitrogen and oxygen atoms in total. The quantitative estimate of drug-likeness (QED) is 0.806. The van der Waals surface area contributed by atoms with Gasteiger partial charge in [0, 0.05) is 19.0 Å². The zero-order chi connectivity index (χ0) is 13.1. The van der Waals surface area contributed by atoms with Crippen molar-refractivity contribution in [2.24, 2.45) is 5.92 Å². The second-order valence-electron chi connectivity index (χ2n) is 4.89. The molecule has 1 atom stereocenters. The van der Waals surface area contributed by atoms with Gasteiger partial charge in [-0.25, -0.2) is 4.98 Å². The van der Waals surface area contributed by atoms with E-state index in [0.29, 0.717) is 5.89 Å². The average molecular weight is 276 g/mol. The van der Waals surface area contributed by atoms with Crippen LogP contribution in [0, 0.1) is 5.92 Å². The number of hydrogen-bond acceptors (Lipinski definition) is 5. The summed E-state index contributed by atoms with van der Waals surface area (Å²) in [7, 11) is 0. The van der Waals surface area contributed by atoms with E-state index in [1.54, 1.807) is 17.6 Å². The topological polar surface area (TPSA) is 46.3 Å². The Morgan fingerprint density at radius 3 is 3.32 bits per heavy atom. The van der Waals surface area contributed by atoms with Gasteiger partial charge in [-0.15, -0.1) is 11.3 Å². The normalized spacial score (nSPS) is 20.5. The Hall–Kier alpha value is -1.46. The van der Waals surface area contributed by atoms with Crippen LogP contribution in [0.3, 0.4) is 0 Å². The lowest BCUT2D eigenvalue weighted by molar-refractivity contribution is -0.112. The lowest BCUT2D eigenvalue weighted by Gasteiger charge is -2.29. The third-order valence-electron chi connectivity index (χ3n) is 3.40. The van der Waals surface area contributed by atoms with E-state index in [9.17, 15) is 4.79 Å². The van der Waals surface area contributed by atoms with E-state index >= 15 is 0 Å². The van der Waals surface area contributed by atoms with Gasteiger partial charge in [0.1, 0.15) is 12.5 Å². The molecule has 0 radical (unpaired) electrons. The number of rotatable bonds is 4. The Balaban J connectivity index is 1.65. The zero-order valence-corrected chi connectivity index (χ0v) is 11.4. The van der Waals surface area contributed by atoms with Gasteiger partial charge in [0.15, 0.2) is 0 Å². The molecule has 1 saturated heterocycles. The number of nitrogens with zero attached hydrogens (tertiary/aromatic N) is 2. The Bertz CT molecular complexity index is 535. The molecule has 0 N–H and O–H groups in total. The van der Waals surface area contributed by atoms with Crippen LogP contribution in [0.1, 0.15) is 18.5 Å². The predicted octanol–water partition coefficient (Wildman–Crippen LogP) is 2.81. The first-order chi connectivity index (χ1) is 9.35. The van der Waals surface area contributed by atoms with Crippen LogP contribution < -0.4 is 0 Å². The van der Waals surface area contributed by atoms with Gasteiger partial charge in [-0.05, 0) is 30.8 Å². The average Bonchev–Trinajstić information content (AvgIpc) is 3.09. The molecule has 1 unspecified atom stereocenters. The van der Waals surface area contributed by atoms with Crippen LogP contribution in [0.5, 0.6) is 0 Å². The maximum absolute atomic E-state index is 10.9. The van der Waals surface area contributed by atoms with Crippen LogP contribution in [0.2, 0.25) is 0 Å². The monoisotopic (exact) mass is 276 g/mol. The molecular weight excluding hydrogens is 260 g/mol. The Morgan fingerprint density at radius 2 is 2.53 bits per heavy atom. The van der Waals surface area contributed by atoms with E-state index in [-0.39, 0.29) is 5.92 Å². The van der Waals surface area contributed by atoms with Crippen LogP contribution in [-0.2, 0) is 11.3 Å². The van der Waals surface area contributed by atoms with Gasteiger partial charge in [-0.3, -0.25) is 4.90 Å². The highest BCUT2D eigenvalue weighted by Gasteiger charge is 2.20. The van der Waals surface area contributed by atoms with Crippen molar-refractivity contribution in [3.8, 4) is 10.8 Å². The molecule has 3 heterocycles. The minimum atomic E-state index is 0.178. The fraction of sp³-hybridized carbons (Fsp3) is 0.429. The minimum Gasteiger partial charge on any atom is -0.444 e. The third-order valence-corrected chi connectivity index (χ3v) is 4.26. The highest BCUT2D eigenvalue weighted by Crippen LogP contribution is 2.24. The van der Waals surface area contributed by atoms with E-state index < -0.39 is 0 Å². The number of likely N-dealkylation sites (tertiary alicyclic amines) is 1. The predicted molar refractivity (Wildman–Crippen MR) is 73.9 cm³/mol. The Morgan fingerprint density at radius 1 is 1.58 bits per heavy atom. The second-order valence-corrected chi connectivity index (χ2v) is 5.84. The summed E-state index contributed by atoms with van der Waals surface area (Å²) in [4.78, 5) is 18.7. The van der Waals surface area contributed by atoms with Gasteiger partial charge >= 0.3 is 0 Å². The van der Waals surface area contributed by atoms with Gasteiger partial charge < -0.3 is 9.21 Å². The fourth-order valence-electron chi connectivity index (χ4n) is 2.47. The van der Waals surface area contributed by atoms with E-state index in [1.807, 2.05) is 17.5 Å². The van der Waals surface area contributed by atoms with Crippen molar-refractivity contribution >= 4 is 17.6 Å². The van der Waals surface area contributed by atoms with Gasteiger partial charge in [-0.1, -0.05) is 6.07 Å². The van der Waals surface area contributed by atoms with E-state index in [2.05, 4.69) is 9.88 Å². The first kappa shape index (κ1) is 12.6. The molecule has 1 fully saturated rings. The van der Waals surface area contributed by atoms with Crippen LogP contribution >= 0.6 is 11.3 Å².